The molecule has 3 N–H and O–H groups in total. The van der Waals surface area contributed by atoms with Gasteiger partial charge in [-0.2, -0.15) is 0 Å². The number of rotatable bonds is 7. The van der Waals surface area contributed by atoms with E-state index in [0.717, 1.165) is 25.3 Å². The Morgan fingerprint density at radius 1 is 1.17 bits per heavy atom. The Balaban J connectivity index is 0.00000484. The Morgan fingerprint density at radius 3 is 2.39 bits per heavy atom. The number of benzene rings is 1. The molecule has 0 spiro atoms. The van der Waals surface area contributed by atoms with Gasteiger partial charge in [-0.25, -0.2) is 0 Å². The van der Waals surface area contributed by atoms with E-state index in [2.05, 4.69) is 45.2 Å². The van der Waals surface area contributed by atoms with E-state index in [9.17, 15) is 4.79 Å². The molecule has 5 nitrogen and oxygen atoms in total. The number of nitrogens with one attached hydrogen (secondary N) is 3. The van der Waals surface area contributed by atoms with Crippen molar-refractivity contribution in [2.24, 2.45) is 10.4 Å². The molecule has 0 aromatic heterocycles. The third kappa shape index (κ3) is 8.20. The molecule has 1 aromatic rings. The van der Waals surface area contributed by atoms with E-state index in [4.69, 9.17) is 0 Å². The van der Waals surface area contributed by atoms with E-state index in [-0.39, 0.29) is 29.9 Å². The van der Waals surface area contributed by atoms with Gasteiger partial charge in [0.15, 0.2) is 5.96 Å². The highest BCUT2D eigenvalue weighted by Gasteiger charge is 2.26. The summed E-state index contributed by atoms with van der Waals surface area (Å²) in [5, 5.41) is 9.16. The van der Waals surface area contributed by atoms with Crippen LogP contribution in [0.3, 0.4) is 0 Å². The van der Waals surface area contributed by atoms with Crippen molar-refractivity contribution in [2.75, 3.05) is 27.2 Å². The minimum Gasteiger partial charge on any atom is -0.359 e. The van der Waals surface area contributed by atoms with Crippen LogP contribution in [-0.4, -0.2) is 39.1 Å². The molecule has 0 fully saturated rings. The van der Waals surface area contributed by atoms with Gasteiger partial charge < -0.3 is 16.0 Å². The van der Waals surface area contributed by atoms with Crippen LogP contribution >= 0.6 is 24.0 Å². The highest BCUT2D eigenvalue weighted by Crippen LogP contribution is 2.12. The zero-order valence-corrected chi connectivity index (χ0v) is 16.8. The number of carbonyl (C=O) groups excluding carboxylic acids is 1. The first-order valence-electron chi connectivity index (χ1n) is 7.70. The zero-order valence-electron chi connectivity index (χ0n) is 14.5. The van der Waals surface area contributed by atoms with E-state index in [1.807, 2.05) is 19.9 Å². The molecule has 0 unspecified atom stereocenters. The highest BCUT2D eigenvalue weighted by atomic mass is 127. The van der Waals surface area contributed by atoms with Gasteiger partial charge in [0.2, 0.25) is 5.91 Å². The standard InChI is InChI=1S/C17H28N4O.HI/c1-17(2,15(22)18-3)13-21-16(19-4)20-12-8-11-14-9-6-5-7-10-14;/h5-7,9-10H,8,11-13H2,1-4H3,(H,18,22)(H2,19,20,21);1H. The minimum atomic E-state index is -0.476. The molecule has 130 valence electrons. The van der Waals surface area contributed by atoms with Crippen LogP contribution in [-0.2, 0) is 11.2 Å². The third-order valence-electron chi connectivity index (χ3n) is 3.54. The van der Waals surface area contributed by atoms with E-state index < -0.39 is 5.41 Å². The summed E-state index contributed by atoms with van der Waals surface area (Å²) in [6.07, 6.45) is 2.07. The maximum Gasteiger partial charge on any atom is 0.227 e. The largest absolute Gasteiger partial charge is 0.359 e. The van der Waals surface area contributed by atoms with Crippen molar-refractivity contribution >= 4 is 35.8 Å². The van der Waals surface area contributed by atoms with Crippen molar-refractivity contribution in [3.8, 4) is 0 Å². The van der Waals surface area contributed by atoms with Gasteiger partial charge >= 0.3 is 0 Å². The lowest BCUT2D eigenvalue weighted by Crippen LogP contribution is -2.47. The van der Waals surface area contributed by atoms with Gasteiger partial charge in [0.1, 0.15) is 0 Å². The van der Waals surface area contributed by atoms with Crippen LogP contribution in [0.25, 0.3) is 0 Å². The summed E-state index contributed by atoms with van der Waals surface area (Å²) < 4.78 is 0. The van der Waals surface area contributed by atoms with Gasteiger partial charge in [-0.05, 0) is 32.3 Å². The fourth-order valence-corrected chi connectivity index (χ4v) is 2.09. The topological polar surface area (TPSA) is 65.5 Å². The highest BCUT2D eigenvalue weighted by molar-refractivity contribution is 14.0. The van der Waals surface area contributed by atoms with Gasteiger partial charge in [0.05, 0.1) is 5.41 Å². The van der Waals surface area contributed by atoms with Crippen LogP contribution in [0.4, 0.5) is 0 Å². The van der Waals surface area contributed by atoms with Crippen molar-refractivity contribution in [1.29, 1.82) is 0 Å². The van der Waals surface area contributed by atoms with Crippen LogP contribution in [0.5, 0.6) is 0 Å². The Hall–Kier alpha value is -1.31. The molecule has 1 amide bonds. The van der Waals surface area contributed by atoms with E-state index >= 15 is 0 Å². The maximum absolute atomic E-state index is 11.7. The lowest BCUT2D eigenvalue weighted by Gasteiger charge is -2.24. The van der Waals surface area contributed by atoms with Gasteiger partial charge in [-0.3, -0.25) is 9.79 Å². The summed E-state index contributed by atoms with van der Waals surface area (Å²) in [5.74, 6) is 0.740. The summed E-state index contributed by atoms with van der Waals surface area (Å²) in [7, 11) is 3.39. The molecule has 0 saturated carbocycles. The molecule has 1 aromatic carbocycles. The lowest BCUT2D eigenvalue weighted by atomic mass is 9.92. The van der Waals surface area contributed by atoms with Crippen LogP contribution in [0.1, 0.15) is 25.8 Å². The van der Waals surface area contributed by atoms with Crippen molar-refractivity contribution in [3.05, 3.63) is 35.9 Å². The molecule has 0 heterocycles. The summed E-state index contributed by atoms with van der Waals surface area (Å²) in [6.45, 7) is 5.18. The summed E-state index contributed by atoms with van der Waals surface area (Å²) >= 11 is 0. The number of hydrogen-bond acceptors (Lipinski definition) is 2. The average Bonchev–Trinajstić information content (AvgIpc) is 2.54. The zero-order chi connectivity index (χ0) is 16.4. The maximum atomic E-state index is 11.7. The summed E-state index contributed by atoms with van der Waals surface area (Å²) in [6, 6.07) is 10.4. The monoisotopic (exact) mass is 432 g/mol. The molecule has 0 bridgehead atoms. The second-order valence-corrected chi connectivity index (χ2v) is 5.90. The number of guanidine groups is 1. The van der Waals surface area contributed by atoms with Gasteiger partial charge in [0, 0.05) is 27.2 Å². The number of amides is 1. The first kappa shape index (κ1) is 21.7. The molecule has 0 aliphatic rings. The first-order valence-corrected chi connectivity index (χ1v) is 7.70. The molecular formula is C17H29IN4O. The second-order valence-electron chi connectivity index (χ2n) is 5.90. The molecule has 0 aliphatic heterocycles. The number of aliphatic imine (C=N–C) groups is 1. The van der Waals surface area contributed by atoms with E-state index in [0.29, 0.717) is 6.54 Å². The van der Waals surface area contributed by atoms with Gasteiger partial charge in [-0.1, -0.05) is 30.3 Å². The molecule has 0 atom stereocenters. The number of aryl methyl sites for hydroxylation is 1. The first-order chi connectivity index (χ1) is 10.5. The van der Waals surface area contributed by atoms with Crippen molar-refractivity contribution in [3.63, 3.8) is 0 Å². The predicted molar refractivity (Wildman–Crippen MR) is 107 cm³/mol. The molecule has 23 heavy (non-hydrogen) atoms. The van der Waals surface area contributed by atoms with E-state index in [1.54, 1.807) is 14.1 Å². The molecule has 6 heteroatoms. The average molecular weight is 432 g/mol. The van der Waals surface area contributed by atoms with Gasteiger partial charge in [0.25, 0.3) is 0 Å². The lowest BCUT2D eigenvalue weighted by molar-refractivity contribution is -0.128. The van der Waals surface area contributed by atoms with E-state index in [1.165, 1.54) is 5.56 Å². The Kier molecular flexibility index (Phi) is 10.6. The second kappa shape index (κ2) is 11.3. The summed E-state index contributed by atoms with van der Waals surface area (Å²) in [5.41, 5.74) is 0.865. The van der Waals surface area contributed by atoms with Crippen molar-refractivity contribution < 1.29 is 4.79 Å². The fourth-order valence-electron chi connectivity index (χ4n) is 2.09. The van der Waals surface area contributed by atoms with Crippen LogP contribution < -0.4 is 16.0 Å². The number of halogens is 1. The number of nitrogens with zero attached hydrogens (tertiary/aromatic N) is 1. The van der Waals surface area contributed by atoms with Crippen LogP contribution in [0.15, 0.2) is 35.3 Å². The molecule has 1 rings (SSSR count). The Labute approximate surface area is 156 Å². The SMILES string of the molecule is CN=C(NCCCc1ccccc1)NCC(C)(C)C(=O)NC.I. The normalized spacial score (nSPS) is 11.4. The Bertz CT molecular complexity index is 489. The molecule has 0 saturated heterocycles. The molecular weight excluding hydrogens is 403 g/mol. The number of carbonyl (C=O) groups is 1. The fraction of sp³-hybridized carbons (Fsp3) is 0.529. The predicted octanol–water partition coefficient (Wildman–Crippen LogP) is 2.17. The minimum absolute atomic E-state index is 0. The van der Waals surface area contributed by atoms with Crippen molar-refractivity contribution in [2.45, 2.75) is 26.7 Å². The smallest absolute Gasteiger partial charge is 0.227 e. The van der Waals surface area contributed by atoms with Crippen LogP contribution in [0, 0.1) is 5.41 Å². The number of hydrogen-bond donors (Lipinski definition) is 3. The van der Waals surface area contributed by atoms with Crippen molar-refractivity contribution in [1.82, 2.24) is 16.0 Å². The quantitative estimate of drug-likeness (QED) is 0.268. The molecule has 0 radical (unpaired) electrons. The van der Waals surface area contributed by atoms with Gasteiger partial charge in [-0.15, -0.1) is 24.0 Å². The van der Waals surface area contributed by atoms with Crippen LogP contribution in [0.2, 0.25) is 0 Å². The third-order valence-corrected chi connectivity index (χ3v) is 3.54. The molecule has 0 aliphatic carbocycles. The summed E-state index contributed by atoms with van der Waals surface area (Å²) in [4.78, 5) is 15.9. The Morgan fingerprint density at radius 2 is 1.83 bits per heavy atom.